The molecule has 1 rings (SSSR count). The molecule has 0 aliphatic carbocycles. The molecule has 1 aromatic carbocycles. The highest BCUT2D eigenvalue weighted by molar-refractivity contribution is 7.89. The lowest BCUT2D eigenvalue weighted by Crippen LogP contribution is -2.35. The minimum Gasteiger partial charge on any atom is -0.398 e. The van der Waals surface area contributed by atoms with E-state index >= 15 is 0 Å². The Labute approximate surface area is 127 Å². The van der Waals surface area contributed by atoms with Crippen molar-refractivity contribution in [2.45, 2.75) is 38.5 Å². The number of nitriles is 1. The first kappa shape index (κ1) is 17.5. The highest BCUT2D eigenvalue weighted by Crippen LogP contribution is 2.25. The zero-order valence-corrected chi connectivity index (χ0v) is 13.7. The smallest absolute Gasteiger partial charge is 0.245 e. The maximum Gasteiger partial charge on any atom is 0.245 e. The maximum atomic E-state index is 12.7. The summed E-state index contributed by atoms with van der Waals surface area (Å²) < 4.78 is 26.9. The standard InChI is InChI=1S/C15H23N3O2S/c1-4-12(5-2)11-18(6-3)21(19,20)15-8-7-13(10-16)9-14(15)17/h7-9,12H,4-6,11,17H2,1-3H3. The Balaban J connectivity index is 3.16. The van der Waals surface area contributed by atoms with E-state index in [0.29, 0.717) is 24.6 Å². The SMILES string of the molecule is CCC(CC)CN(CC)S(=O)(=O)c1ccc(C#N)cc1N. The molecule has 2 N–H and O–H groups in total. The normalized spacial score (nSPS) is 11.8. The van der Waals surface area contributed by atoms with Gasteiger partial charge in [0.05, 0.1) is 17.3 Å². The Bertz CT molecular complexity index is 616. The van der Waals surface area contributed by atoms with Crippen molar-refractivity contribution >= 4 is 15.7 Å². The Morgan fingerprint density at radius 1 is 1.29 bits per heavy atom. The van der Waals surface area contributed by atoms with E-state index < -0.39 is 10.0 Å². The van der Waals surface area contributed by atoms with Gasteiger partial charge < -0.3 is 5.73 Å². The van der Waals surface area contributed by atoms with Crippen LogP contribution in [-0.4, -0.2) is 25.8 Å². The first-order valence-corrected chi connectivity index (χ1v) is 8.64. The van der Waals surface area contributed by atoms with E-state index in [1.165, 1.54) is 22.5 Å². The molecule has 0 bridgehead atoms. The molecule has 0 heterocycles. The molecule has 0 amide bonds. The van der Waals surface area contributed by atoms with Gasteiger partial charge in [0, 0.05) is 13.1 Å². The zero-order valence-electron chi connectivity index (χ0n) is 12.8. The molecule has 0 fully saturated rings. The van der Waals surface area contributed by atoms with E-state index in [2.05, 4.69) is 13.8 Å². The van der Waals surface area contributed by atoms with Crippen molar-refractivity contribution in [3.05, 3.63) is 23.8 Å². The molecule has 0 radical (unpaired) electrons. The lowest BCUT2D eigenvalue weighted by Gasteiger charge is -2.25. The maximum absolute atomic E-state index is 12.7. The van der Waals surface area contributed by atoms with Crippen LogP contribution in [0.1, 0.15) is 39.2 Å². The van der Waals surface area contributed by atoms with Crippen molar-refractivity contribution in [3.63, 3.8) is 0 Å². The highest BCUT2D eigenvalue weighted by Gasteiger charge is 2.26. The summed E-state index contributed by atoms with van der Waals surface area (Å²) in [5, 5.41) is 8.83. The number of anilines is 1. The average Bonchev–Trinajstić information content (AvgIpc) is 2.47. The van der Waals surface area contributed by atoms with Gasteiger partial charge in [-0.05, 0) is 24.1 Å². The Kier molecular flexibility index (Phi) is 6.19. The van der Waals surface area contributed by atoms with Gasteiger partial charge in [0.15, 0.2) is 0 Å². The Morgan fingerprint density at radius 2 is 1.90 bits per heavy atom. The van der Waals surface area contributed by atoms with Crippen molar-refractivity contribution in [3.8, 4) is 6.07 Å². The Morgan fingerprint density at radius 3 is 2.33 bits per heavy atom. The molecule has 1 aromatic rings. The fourth-order valence-electron chi connectivity index (χ4n) is 2.22. The van der Waals surface area contributed by atoms with Crippen molar-refractivity contribution in [2.75, 3.05) is 18.8 Å². The molecule has 21 heavy (non-hydrogen) atoms. The van der Waals surface area contributed by atoms with Crippen molar-refractivity contribution in [1.29, 1.82) is 5.26 Å². The van der Waals surface area contributed by atoms with Crippen LogP contribution in [0.3, 0.4) is 0 Å². The molecule has 0 aliphatic heterocycles. The molecule has 0 atom stereocenters. The predicted molar refractivity (Wildman–Crippen MR) is 84.1 cm³/mol. The second kappa shape index (κ2) is 7.43. The number of rotatable bonds is 7. The van der Waals surface area contributed by atoms with Gasteiger partial charge in [0.25, 0.3) is 0 Å². The summed E-state index contributed by atoms with van der Waals surface area (Å²) >= 11 is 0. The topological polar surface area (TPSA) is 87.2 Å². The predicted octanol–water partition coefficient (Wildman–Crippen LogP) is 2.59. The van der Waals surface area contributed by atoms with Crippen molar-refractivity contribution < 1.29 is 8.42 Å². The van der Waals surface area contributed by atoms with Gasteiger partial charge in [-0.1, -0.05) is 33.6 Å². The van der Waals surface area contributed by atoms with Gasteiger partial charge in [0.2, 0.25) is 10.0 Å². The van der Waals surface area contributed by atoms with Crippen LogP contribution >= 0.6 is 0 Å². The number of nitrogen functional groups attached to an aromatic ring is 1. The monoisotopic (exact) mass is 309 g/mol. The van der Waals surface area contributed by atoms with Gasteiger partial charge in [-0.3, -0.25) is 0 Å². The summed E-state index contributed by atoms with van der Waals surface area (Å²) in [4.78, 5) is 0.0781. The van der Waals surface area contributed by atoms with Crippen LogP contribution in [0.25, 0.3) is 0 Å². The summed E-state index contributed by atoms with van der Waals surface area (Å²) in [6, 6.07) is 6.25. The number of hydrogen-bond acceptors (Lipinski definition) is 4. The molecule has 0 unspecified atom stereocenters. The van der Waals surface area contributed by atoms with Gasteiger partial charge in [-0.2, -0.15) is 9.57 Å². The third-order valence-electron chi connectivity index (χ3n) is 3.73. The van der Waals surface area contributed by atoms with Gasteiger partial charge >= 0.3 is 0 Å². The minimum atomic E-state index is -3.62. The summed E-state index contributed by atoms with van der Waals surface area (Å²) in [5.74, 6) is 0.333. The molecular weight excluding hydrogens is 286 g/mol. The average molecular weight is 309 g/mol. The molecular formula is C15H23N3O2S. The quantitative estimate of drug-likeness (QED) is 0.784. The first-order chi connectivity index (χ1) is 9.90. The number of nitrogens with two attached hydrogens (primary N) is 1. The van der Waals surface area contributed by atoms with E-state index in [0.717, 1.165) is 12.8 Å². The van der Waals surface area contributed by atoms with E-state index in [4.69, 9.17) is 11.0 Å². The Hall–Kier alpha value is -1.58. The third kappa shape index (κ3) is 3.96. The fraction of sp³-hybridized carbons (Fsp3) is 0.533. The summed E-state index contributed by atoms with van der Waals surface area (Å²) in [7, 11) is -3.62. The molecule has 0 aliphatic rings. The molecule has 0 saturated carbocycles. The van der Waals surface area contributed by atoms with Crippen LogP contribution < -0.4 is 5.73 Å². The second-order valence-electron chi connectivity index (χ2n) is 5.00. The fourth-order valence-corrected chi connectivity index (χ4v) is 3.85. The van der Waals surface area contributed by atoms with Crippen LogP contribution in [0.2, 0.25) is 0 Å². The van der Waals surface area contributed by atoms with E-state index in [9.17, 15) is 8.42 Å². The first-order valence-electron chi connectivity index (χ1n) is 7.20. The molecule has 0 spiro atoms. The molecule has 0 aromatic heterocycles. The number of sulfonamides is 1. The van der Waals surface area contributed by atoms with Crippen LogP contribution in [-0.2, 0) is 10.0 Å². The largest absolute Gasteiger partial charge is 0.398 e. The zero-order chi connectivity index (χ0) is 16.0. The molecule has 0 saturated heterocycles. The van der Waals surface area contributed by atoms with E-state index in [1.807, 2.05) is 13.0 Å². The van der Waals surface area contributed by atoms with Gasteiger partial charge in [-0.25, -0.2) is 8.42 Å². The summed E-state index contributed by atoms with van der Waals surface area (Å²) in [5.41, 5.74) is 6.29. The van der Waals surface area contributed by atoms with Gasteiger partial charge in [0.1, 0.15) is 4.90 Å². The van der Waals surface area contributed by atoms with Crippen LogP contribution in [0.5, 0.6) is 0 Å². The van der Waals surface area contributed by atoms with Gasteiger partial charge in [-0.15, -0.1) is 0 Å². The van der Waals surface area contributed by atoms with Crippen molar-refractivity contribution in [1.82, 2.24) is 4.31 Å². The van der Waals surface area contributed by atoms with Crippen molar-refractivity contribution in [2.24, 2.45) is 5.92 Å². The lowest BCUT2D eigenvalue weighted by atomic mass is 10.0. The third-order valence-corrected chi connectivity index (χ3v) is 5.74. The van der Waals surface area contributed by atoms with Crippen LogP contribution in [0.15, 0.2) is 23.1 Å². The molecule has 5 nitrogen and oxygen atoms in total. The summed E-state index contributed by atoms with van der Waals surface area (Å²) in [6.45, 7) is 6.83. The van der Waals surface area contributed by atoms with E-state index in [1.54, 1.807) is 0 Å². The summed E-state index contributed by atoms with van der Waals surface area (Å²) in [6.07, 6.45) is 1.87. The van der Waals surface area contributed by atoms with Crippen LogP contribution in [0, 0.1) is 17.2 Å². The van der Waals surface area contributed by atoms with E-state index in [-0.39, 0.29) is 10.6 Å². The lowest BCUT2D eigenvalue weighted by molar-refractivity contribution is 0.339. The second-order valence-corrected chi connectivity index (χ2v) is 6.91. The highest BCUT2D eigenvalue weighted by atomic mass is 32.2. The number of benzene rings is 1. The van der Waals surface area contributed by atoms with Crippen LogP contribution in [0.4, 0.5) is 5.69 Å². The number of nitrogens with zero attached hydrogens (tertiary/aromatic N) is 2. The minimum absolute atomic E-state index is 0.0781. The molecule has 116 valence electrons. The molecule has 6 heteroatoms. The number of hydrogen-bond donors (Lipinski definition) is 1.